The summed E-state index contributed by atoms with van der Waals surface area (Å²) in [5.41, 5.74) is 2.45. The predicted octanol–water partition coefficient (Wildman–Crippen LogP) is 1.79. The lowest BCUT2D eigenvalue weighted by molar-refractivity contribution is 0.0615. The lowest BCUT2D eigenvalue weighted by atomic mass is 10.1. The molecule has 186 valence electrons. The topological polar surface area (TPSA) is 118 Å². The Bertz CT molecular complexity index is 1230. The van der Waals surface area contributed by atoms with Crippen LogP contribution in [0.25, 0.3) is 11.4 Å². The highest BCUT2D eigenvalue weighted by atomic mass is 32.2. The van der Waals surface area contributed by atoms with E-state index in [1.807, 2.05) is 41.3 Å². The highest BCUT2D eigenvalue weighted by molar-refractivity contribution is 7.88. The number of carbonyl (C=O) groups is 1. The number of piperazine rings is 1. The fraction of sp³-hybridized carbons (Fsp3) is 0.375. The summed E-state index contributed by atoms with van der Waals surface area (Å²) in [4.78, 5) is 21.4. The van der Waals surface area contributed by atoms with Crippen molar-refractivity contribution in [3.05, 3.63) is 65.5 Å². The van der Waals surface area contributed by atoms with Gasteiger partial charge in [-0.15, -0.1) is 0 Å². The van der Waals surface area contributed by atoms with Crippen molar-refractivity contribution in [3.8, 4) is 17.1 Å². The van der Waals surface area contributed by atoms with Gasteiger partial charge in [-0.25, -0.2) is 13.1 Å². The van der Waals surface area contributed by atoms with Crippen molar-refractivity contribution < 1.29 is 22.5 Å². The second-order valence-corrected chi connectivity index (χ2v) is 10.3. The summed E-state index contributed by atoms with van der Waals surface area (Å²) in [5, 5.41) is 4.08. The number of amides is 1. The first kappa shape index (κ1) is 24.8. The molecule has 35 heavy (non-hydrogen) atoms. The highest BCUT2D eigenvalue weighted by Crippen LogP contribution is 2.20. The maximum atomic E-state index is 12.9. The van der Waals surface area contributed by atoms with Crippen molar-refractivity contribution in [2.24, 2.45) is 0 Å². The number of carbonyl (C=O) groups excluding carboxylic acids is 1. The molecule has 0 saturated carbocycles. The molecule has 0 bridgehead atoms. The zero-order chi connectivity index (χ0) is 24.8. The number of ether oxygens (including phenoxy) is 1. The van der Waals surface area contributed by atoms with Gasteiger partial charge in [-0.2, -0.15) is 4.98 Å². The Morgan fingerprint density at radius 2 is 1.74 bits per heavy atom. The number of hydrogen-bond acceptors (Lipinski definition) is 8. The van der Waals surface area contributed by atoms with Gasteiger partial charge in [-0.3, -0.25) is 9.69 Å². The second-order valence-electron chi connectivity index (χ2n) is 8.42. The zero-order valence-electron chi connectivity index (χ0n) is 19.8. The summed E-state index contributed by atoms with van der Waals surface area (Å²) >= 11 is 0. The van der Waals surface area contributed by atoms with E-state index in [9.17, 15) is 13.2 Å². The molecule has 1 aliphatic heterocycles. The molecule has 2 aromatic carbocycles. The van der Waals surface area contributed by atoms with Crippen molar-refractivity contribution in [1.82, 2.24) is 24.7 Å². The van der Waals surface area contributed by atoms with E-state index >= 15 is 0 Å². The van der Waals surface area contributed by atoms with E-state index in [1.165, 1.54) is 0 Å². The third-order valence-corrected chi connectivity index (χ3v) is 6.54. The van der Waals surface area contributed by atoms with Gasteiger partial charge in [0.2, 0.25) is 21.7 Å². The molecule has 1 aliphatic rings. The molecule has 10 nitrogen and oxygen atoms in total. The van der Waals surface area contributed by atoms with Crippen molar-refractivity contribution in [1.29, 1.82) is 0 Å². The Kier molecular flexibility index (Phi) is 7.79. The zero-order valence-corrected chi connectivity index (χ0v) is 20.6. The molecule has 11 heteroatoms. The van der Waals surface area contributed by atoms with E-state index in [0.717, 1.165) is 23.1 Å². The van der Waals surface area contributed by atoms with Crippen molar-refractivity contribution in [3.63, 3.8) is 0 Å². The number of sulfonamides is 1. The van der Waals surface area contributed by atoms with Crippen LogP contribution in [-0.4, -0.2) is 80.4 Å². The van der Waals surface area contributed by atoms with Crippen LogP contribution in [0.3, 0.4) is 0 Å². The van der Waals surface area contributed by atoms with Crippen molar-refractivity contribution in [2.75, 3.05) is 46.1 Å². The minimum atomic E-state index is -3.20. The summed E-state index contributed by atoms with van der Waals surface area (Å²) < 4.78 is 35.4. The van der Waals surface area contributed by atoms with E-state index in [2.05, 4.69) is 19.8 Å². The minimum absolute atomic E-state index is 0.00922. The van der Waals surface area contributed by atoms with Gasteiger partial charge in [0.15, 0.2) is 0 Å². The standard InChI is InChI=1S/C24H29N5O5S/c1-33-21-9-7-19(8-10-21)23-26-22(34-27-23)17-28-13-15-29(16-14-28)24(30)20-5-3-18(4-6-20)11-12-25-35(2,31)32/h3-10,25H,11-17H2,1-2H3. The first-order chi connectivity index (χ1) is 16.8. The number of aromatic nitrogens is 2. The summed E-state index contributed by atoms with van der Waals surface area (Å²) in [6.07, 6.45) is 1.70. The predicted molar refractivity (Wildman–Crippen MR) is 130 cm³/mol. The molecule has 1 N–H and O–H groups in total. The van der Waals surface area contributed by atoms with Gasteiger partial charge in [0, 0.05) is 43.9 Å². The van der Waals surface area contributed by atoms with Gasteiger partial charge in [-0.05, 0) is 48.4 Å². The van der Waals surface area contributed by atoms with Crippen LogP contribution in [0.2, 0.25) is 0 Å². The number of methoxy groups -OCH3 is 1. The van der Waals surface area contributed by atoms with Crippen molar-refractivity contribution >= 4 is 15.9 Å². The van der Waals surface area contributed by atoms with Gasteiger partial charge < -0.3 is 14.2 Å². The van der Waals surface area contributed by atoms with Crippen LogP contribution in [0, 0.1) is 0 Å². The third-order valence-electron chi connectivity index (χ3n) is 5.81. The van der Waals surface area contributed by atoms with E-state index < -0.39 is 10.0 Å². The summed E-state index contributed by atoms with van der Waals surface area (Å²) in [5.74, 6) is 1.83. The lowest BCUT2D eigenvalue weighted by Gasteiger charge is -2.34. The molecule has 0 spiro atoms. The number of rotatable bonds is 9. The maximum absolute atomic E-state index is 12.9. The monoisotopic (exact) mass is 499 g/mol. The summed E-state index contributed by atoms with van der Waals surface area (Å²) in [6.45, 7) is 3.50. The van der Waals surface area contributed by atoms with Crippen LogP contribution in [0.1, 0.15) is 21.8 Å². The van der Waals surface area contributed by atoms with Crippen LogP contribution in [0.15, 0.2) is 53.1 Å². The lowest BCUT2D eigenvalue weighted by Crippen LogP contribution is -2.48. The van der Waals surface area contributed by atoms with Gasteiger partial charge in [0.1, 0.15) is 5.75 Å². The normalized spacial score (nSPS) is 14.7. The van der Waals surface area contributed by atoms with Gasteiger partial charge in [-0.1, -0.05) is 17.3 Å². The quantitative estimate of drug-likeness (QED) is 0.474. The van der Waals surface area contributed by atoms with Crippen LogP contribution >= 0.6 is 0 Å². The number of nitrogens with zero attached hydrogens (tertiary/aromatic N) is 4. The Morgan fingerprint density at radius 1 is 1.06 bits per heavy atom. The average molecular weight is 500 g/mol. The van der Waals surface area contributed by atoms with Gasteiger partial charge in [0.25, 0.3) is 5.91 Å². The molecule has 0 atom stereocenters. The Hall–Kier alpha value is -3.28. The molecule has 0 aliphatic carbocycles. The largest absolute Gasteiger partial charge is 0.497 e. The third kappa shape index (κ3) is 6.87. The van der Waals surface area contributed by atoms with Crippen LogP contribution in [0.5, 0.6) is 5.75 Å². The molecular weight excluding hydrogens is 470 g/mol. The highest BCUT2D eigenvalue weighted by Gasteiger charge is 2.23. The van der Waals surface area contributed by atoms with Crippen LogP contribution in [0.4, 0.5) is 0 Å². The molecule has 1 amide bonds. The van der Waals surface area contributed by atoms with Crippen LogP contribution in [-0.2, 0) is 23.0 Å². The molecule has 1 aromatic heterocycles. The summed E-state index contributed by atoms with van der Waals surface area (Å²) in [6, 6.07) is 14.8. The van der Waals surface area contributed by atoms with Crippen LogP contribution < -0.4 is 9.46 Å². The van der Waals surface area contributed by atoms with Gasteiger partial charge in [0.05, 0.1) is 19.9 Å². The molecule has 0 radical (unpaired) electrons. The first-order valence-corrected chi connectivity index (χ1v) is 13.2. The Labute approximate surface area is 204 Å². The van der Waals surface area contributed by atoms with Crippen molar-refractivity contribution in [2.45, 2.75) is 13.0 Å². The Balaban J connectivity index is 1.25. The smallest absolute Gasteiger partial charge is 0.253 e. The maximum Gasteiger partial charge on any atom is 0.253 e. The first-order valence-electron chi connectivity index (χ1n) is 11.3. The number of hydrogen-bond donors (Lipinski definition) is 1. The Morgan fingerprint density at radius 3 is 2.37 bits per heavy atom. The molecule has 2 heterocycles. The molecule has 1 fully saturated rings. The minimum Gasteiger partial charge on any atom is -0.497 e. The van der Waals surface area contributed by atoms with E-state index in [-0.39, 0.29) is 5.91 Å². The number of benzene rings is 2. The number of nitrogens with one attached hydrogen (secondary N) is 1. The van der Waals surface area contributed by atoms with E-state index in [1.54, 1.807) is 19.2 Å². The van der Waals surface area contributed by atoms with E-state index in [0.29, 0.717) is 63.0 Å². The molecule has 3 aromatic rings. The molecule has 1 saturated heterocycles. The van der Waals surface area contributed by atoms with Gasteiger partial charge >= 0.3 is 0 Å². The molecule has 0 unspecified atom stereocenters. The van der Waals surface area contributed by atoms with E-state index in [4.69, 9.17) is 9.26 Å². The molecule has 4 rings (SSSR count). The fourth-order valence-electron chi connectivity index (χ4n) is 3.85. The second kappa shape index (κ2) is 11.0. The molecular formula is C24H29N5O5S. The SMILES string of the molecule is COc1ccc(-c2noc(CN3CCN(C(=O)c4ccc(CCNS(C)(=O)=O)cc4)CC3)n2)cc1. The average Bonchev–Trinajstić information content (AvgIpc) is 3.32. The fourth-order valence-corrected chi connectivity index (χ4v) is 4.33. The summed E-state index contributed by atoms with van der Waals surface area (Å²) in [7, 11) is -1.58.